The van der Waals surface area contributed by atoms with E-state index < -0.39 is 5.97 Å². The lowest BCUT2D eigenvalue weighted by atomic mass is 9.83. The van der Waals surface area contributed by atoms with Gasteiger partial charge in [-0.2, -0.15) is 0 Å². The molecule has 0 radical (unpaired) electrons. The summed E-state index contributed by atoms with van der Waals surface area (Å²) >= 11 is 0. The molecule has 6 heteroatoms. The van der Waals surface area contributed by atoms with E-state index in [4.69, 9.17) is 4.74 Å². The van der Waals surface area contributed by atoms with Crippen molar-refractivity contribution < 1.29 is 9.53 Å². The molecule has 1 aliphatic rings. The number of hydrogen-bond acceptors (Lipinski definition) is 6. The molecule has 2 aromatic heterocycles. The number of aromatic nitrogens is 3. The van der Waals surface area contributed by atoms with Crippen LogP contribution in [0.15, 0.2) is 103 Å². The number of carbonyl (C=O) groups is 1. The summed E-state index contributed by atoms with van der Waals surface area (Å²) in [6, 6.07) is 14.6. The van der Waals surface area contributed by atoms with Crippen molar-refractivity contribution in [2.75, 3.05) is 5.32 Å². The highest BCUT2D eigenvalue weighted by Gasteiger charge is 2.19. The van der Waals surface area contributed by atoms with E-state index in [2.05, 4.69) is 46.3 Å². The van der Waals surface area contributed by atoms with Gasteiger partial charge < -0.3 is 10.1 Å². The van der Waals surface area contributed by atoms with E-state index in [1.165, 1.54) is 6.08 Å². The minimum absolute atomic E-state index is 0.0654. The van der Waals surface area contributed by atoms with Crippen LogP contribution in [0.1, 0.15) is 20.3 Å². The fourth-order valence-electron chi connectivity index (χ4n) is 3.18. The molecule has 1 aliphatic carbocycles. The molecule has 0 unspecified atom stereocenters. The summed E-state index contributed by atoms with van der Waals surface area (Å²) in [4.78, 5) is 25.7. The highest BCUT2D eigenvalue weighted by atomic mass is 16.5. The number of ether oxygens (including phenoxy) is 1. The van der Waals surface area contributed by atoms with Crippen LogP contribution in [0.4, 0.5) is 5.95 Å². The molecule has 1 aromatic carbocycles. The Morgan fingerprint density at radius 3 is 2.66 bits per heavy atom. The monoisotopic (exact) mass is 424 g/mol. The summed E-state index contributed by atoms with van der Waals surface area (Å²) in [7, 11) is 0. The molecule has 1 N–H and O–H groups in total. The zero-order chi connectivity index (χ0) is 22.4. The molecule has 6 nitrogen and oxygen atoms in total. The third kappa shape index (κ3) is 5.55. The standard InChI is InChI=1S/C26H24N4O2/c1-26(2)13-10-19(11-14-26)23(17-24(31)32-21-8-4-3-5-9-21)30-25-28-16-12-22(29-25)20-7-6-15-27-18-20/h3-13,15-18H,14H2,1-2H3,(H,28,29,30)/b23-17+. The van der Waals surface area contributed by atoms with Crippen molar-refractivity contribution in [3.05, 3.63) is 103 Å². The van der Waals surface area contributed by atoms with Gasteiger partial charge in [0.05, 0.1) is 11.4 Å². The van der Waals surface area contributed by atoms with Crippen LogP contribution < -0.4 is 10.1 Å². The Hall–Kier alpha value is -4.06. The second kappa shape index (κ2) is 9.39. The highest BCUT2D eigenvalue weighted by Crippen LogP contribution is 2.31. The number of nitrogens with zero attached hydrogens (tertiary/aromatic N) is 3. The van der Waals surface area contributed by atoms with E-state index in [-0.39, 0.29) is 5.41 Å². The second-order valence-electron chi connectivity index (χ2n) is 8.11. The molecule has 0 aliphatic heterocycles. The van der Waals surface area contributed by atoms with E-state index in [1.54, 1.807) is 30.7 Å². The van der Waals surface area contributed by atoms with Crippen molar-refractivity contribution in [1.29, 1.82) is 0 Å². The summed E-state index contributed by atoms with van der Waals surface area (Å²) < 4.78 is 5.45. The first-order chi connectivity index (χ1) is 15.5. The molecule has 0 amide bonds. The van der Waals surface area contributed by atoms with E-state index in [9.17, 15) is 4.79 Å². The van der Waals surface area contributed by atoms with Gasteiger partial charge in [-0.15, -0.1) is 0 Å². The maximum absolute atomic E-state index is 12.6. The Morgan fingerprint density at radius 2 is 1.94 bits per heavy atom. The van der Waals surface area contributed by atoms with Crippen molar-refractivity contribution in [2.45, 2.75) is 20.3 Å². The Morgan fingerprint density at radius 1 is 1.09 bits per heavy atom. The number of rotatable bonds is 6. The lowest BCUT2D eigenvalue weighted by Gasteiger charge is -2.23. The number of allylic oxidation sites excluding steroid dienone is 3. The fraction of sp³-hybridized carbons (Fsp3) is 0.154. The molecule has 0 saturated heterocycles. The Labute approximate surface area is 187 Å². The van der Waals surface area contributed by atoms with Gasteiger partial charge in [-0.05, 0) is 47.7 Å². The van der Waals surface area contributed by atoms with Crippen LogP contribution in [0.5, 0.6) is 5.75 Å². The number of pyridine rings is 1. The van der Waals surface area contributed by atoms with Gasteiger partial charge in [-0.25, -0.2) is 14.8 Å². The predicted octanol–water partition coefficient (Wildman–Crippen LogP) is 5.35. The van der Waals surface area contributed by atoms with Crippen LogP contribution in [0, 0.1) is 5.41 Å². The third-order valence-electron chi connectivity index (χ3n) is 4.96. The van der Waals surface area contributed by atoms with Gasteiger partial charge in [0.2, 0.25) is 5.95 Å². The molecule has 32 heavy (non-hydrogen) atoms. The maximum Gasteiger partial charge on any atom is 0.338 e. The van der Waals surface area contributed by atoms with E-state index in [0.717, 1.165) is 23.3 Å². The van der Waals surface area contributed by atoms with Crippen molar-refractivity contribution in [3.8, 4) is 17.0 Å². The average molecular weight is 425 g/mol. The molecule has 0 saturated carbocycles. The second-order valence-corrected chi connectivity index (χ2v) is 8.11. The number of benzene rings is 1. The van der Waals surface area contributed by atoms with Crippen molar-refractivity contribution >= 4 is 11.9 Å². The summed E-state index contributed by atoms with van der Waals surface area (Å²) in [5.74, 6) is 0.378. The number of para-hydroxylation sites is 1. The van der Waals surface area contributed by atoms with E-state index in [1.807, 2.05) is 42.5 Å². The first-order valence-corrected chi connectivity index (χ1v) is 10.4. The fourth-order valence-corrected chi connectivity index (χ4v) is 3.18. The third-order valence-corrected chi connectivity index (χ3v) is 4.96. The number of anilines is 1. The number of hydrogen-bond donors (Lipinski definition) is 1. The van der Waals surface area contributed by atoms with Crippen molar-refractivity contribution in [3.63, 3.8) is 0 Å². The van der Waals surface area contributed by atoms with E-state index in [0.29, 0.717) is 17.4 Å². The summed E-state index contributed by atoms with van der Waals surface area (Å²) in [6.45, 7) is 4.33. The van der Waals surface area contributed by atoms with Crippen LogP contribution in [0.2, 0.25) is 0 Å². The van der Waals surface area contributed by atoms with Gasteiger partial charge in [0.1, 0.15) is 5.75 Å². The van der Waals surface area contributed by atoms with Crippen LogP contribution in [-0.2, 0) is 4.79 Å². The average Bonchev–Trinajstić information content (AvgIpc) is 2.80. The SMILES string of the molecule is CC1(C)C=CC(/C(=C\C(=O)Oc2ccccc2)Nc2nccc(-c3cccnc3)n2)=CC1. The maximum atomic E-state index is 12.6. The molecule has 0 atom stereocenters. The van der Waals surface area contributed by atoms with Crippen LogP contribution in [-0.4, -0.2) is 20.9 Å². The molecule has 3 aromatic rings. The quantitative estimate of drug-likeness (QED) is 0.326. The van der Waals surface area contributed by atoms with Crippen molar-refractivity contribution in [1.82, 2.24) is 15.0 Å². The van der Waals surface area contributed by atoms with Crippen molar-refractivity contribution in [2.24, 2.45) is 5.41 Å². The molecular weight excluding hydrogens is 400 g/mol. The molecule has 0 spiro atoms. The molecule has 0 bridgehead atoms. The summed E-state index contributed by atoms with van der Waals surface area (Å²) in [5.41, 5.74) is 3.13. The minimum atomic E-state index is -0.485. The van der Waals surface area contributed by atoms with Gasteiger partial charge >= 0.3 is 5.97 Å². The minimum Gasteiger partial charge on any atom is -0.423 e. The number of carbonyl (C=O) groups excluding carboxylic acids is 1. The van der Waals surface area contributed by atoms with Crippen LogP contribution >= 0.6 is 0 Å². The molecule has 4 rings (SSSR count). The first-order valence-electron chi connectivity index (χ1n) is 10.4. The number of esters is 1. The number of nitrogens with one attached hydrogen (secondary N) is 1. The first kappa shape index (κ1) is 21.2. The topological polar surface area (TPSA) is 77.0 Å². The molecule has 2 heterocycles. The van der Waals surface area contributed by atoms with Gasteiger partial charge in [-0.1, -0.05) is 50.3 Å². The summed E-state index contributed by atoms with van der Waals surface area (Å²) in [6.07, 6.45) is 13.6. The van der Waals surface area contributed by atoms with Crippen LogP contribution in [0.3, 0.4) is 0 Å². The predicted molar refractivity (Wildman–Crippen MR) is 125 cm³/mol. The molecule has 160 valence electrons. The Bertz CT molecular complexity index is 1180. The van der Waals surface area contributed by atoms with Gasteiger partial charge in [-0.3, -0.25) is 4.98 Å². The smallest absolute Gasteiger partial charge is 0.338 e. The Balaban J connectivity index is 1.62. The lowest BCUT2D eigenvalue weighted by molar-refractivity contribution is -0.129. The lowest BCUT2D eigenvalue weighted by Crippen LogP contribution is -2.15. The normalized spacial score (nSPS) is 15.1. The molecular formula is C26H24N4O2. The largest absolute Gasteiger partial charge is 0.423 e. The van der Waals surface area contributed by atoms with Gasteiger partial charge in [0.15, 0.2) is 0 Å². The zero-order valence-electron chi connectivity index (χ0n) is 18.0. The molecule has 0 fully saturated rings. The van der Waals surface area contributed by atoms with E-state index >= 15 is 0 Å². The van der Waals surface area contributed by atoms with Crippen LogP contribution in [0.25, 0.3) is 11.3 Å². The van der Waals surface area contributed by atoms with Gasteiger partial charge in [0, 0.05) is 30.2 Å². The zero-order valence-corrected chi connectivity index (χ0v) is 18.0. The Kier molecular flexibility index (Phi) is 6.22. The highest BCUT2D eigenvalue weighted by molar-refractivity contribution is 5.86. The summed E-state index contributed by atoms with van der Waals surface area (Å²) in [5, 5.41) is 3.20. The van der Waals surface area contributed by atoms with Gasteiger partial charge in [0.25, 0.3) is 0 Å².